The van der Waals surface area contributed by atoms with Gasteiger partial charge in [0.2, 0.25) is 19.5 Å². The van der Waals surface area contributed by atoms with Gasteiger partial charge in [-0.25, -0.2) is 0 Å². The molecule has 0 fully saturated rings. The number of hydrogen-bond acceptors (Lipinski definition) is 3. The highest BCUT2D eigenvalue weighted by Crippen LogP contribution is 2.56. The molecule has 1 atom stereocenters. The lowest BCUT2D eigenvalue weighted by atomic mass is 9.77. The van der Waals surface area contributed by atoms with Crippen molar-refractivity contribution in [2.75, 3.05) is 0 Å². The van der Waals surface area contributed by atoms with Gasteiger partial charge in [0.1, 0.15) is 23.9 Å². The molecule has 0 heterocycles. The fraction of sp³-hybridized carbons (Fsp3) is 0.395. The van der Waals surface area contributed by atoms with Crippen LogP contribution in [0.4, 0.5) is 0 Å². The zero-order chi connectivity index (χ0) is 34.1. The molecule has 0 N–H and O–H groups in total. The zero-order valence-corrected chi connectivity index (χ0v) is 33.2. The SMILES string of the molecule is CC(C)C(C)(C)[SiH2]Oc1ccc2c(c1)CC1(C2)Cc2ccc(O[SiH2]C(C)(C)C(C)C)cc2/C1=C/c1ccc(OCc2ccccc2)cc1. The van der Waals surface area contributed by atoms with Crippen molar-refractivity contribution in [2.24, 2.45) is 17.3 Å². The highest BCUT2D eigenvalue weighted by molar-refractivity contribution is 6.33. The van der Waals surface area contributed by atoms with E-state index in [1.165, 1.54) is 39.0 Å². The van der Waals surface area contributed by atoms with Crippen LogP contribution in [0, 0.1) is 17.3 Å². The van der Waals surface area contributed by atoms with Crippen LogP contribution in [-0.4, -0.2) is 19.5 Å². The van der Waals surface area contributed by atoms with E-state index in [-0.39, 0.29) is 15.5 Å². The van der Waals surface area contributed by atoms with E-state index in [4.69, 9.17) is 13.6 Å². The molecule has 5 heteroatoms. The average Bonchev–Trinajstić information content (AvgIpc) is 3.57. The molecule has 1 spiro atoms. The van der Waals surface area contributed by atoms with Gasteiger partial charge < -0.3 is 13.6 Å². The van der Waals surface area contributed by atoms with E-state index in [0.29, 0.717) is 18.4 Å². The Hall–Kier alpha value is -3.55. The molecule has 6 rings (SSSR count). The maximum absolute atomic E-state index is 6.62. The van der Waals surface area contributed by atoms with Gasteiger partial charge in [0, 0.05) is 5.41 Å². The Bertz CT molecular complexity index is 1750. The third kappa shape index (κ3) is 7.53. The van der Waals surface area contributed by atoms with Gasteiger partial charge in [0.05, 0.1) is 0 Å². The Morgan fingerprint density at radius 2 is 1.19 bits per heavy atom. The Labute approximate surface area is 294 Å². The smallest absolute Gasteiger partial charge is 0.225 e. The molecule has 0 saturated heterocycles. The van der Waals surface area contributed by atoms with Gasteiger partial charge >= 0.3 is 0 Å². The maximum atomic E-state index is 6.62. The maximum Gasteiger partial charge on any atom is 0.225 e. The number of ether oxygens (including phenoxy) is 1. The Morgan fingerprint density at radius 3 is 1.81 bits per heavy atom. The summed E-state index contributed by atoms with van der Waals surface area (Å²) in [6, 6.07) is 32.7. The lowest BCUT2D eigenvalue weighted by molar-refractivity contribution is 0.306. The van der Waals surface area contributed by atoms with Crippen LogP contribution in [0.3, 0.4) is 0 Å². The van der Waals surface area contributed by atoms with Crippen molar-refractivity contribution >= 4 is 31.2 Å². The Kier molecular flexibility index (Phi) is 9.84. The van der Waals surface area contributed by atoms with Crippen molar-refractivity contribution in [1.82, 2.24) is 0 Å². The van der Waals surface area contributed by atoms with Gasteiger partial charge in [-0.3, -0.25) is 0 Å². The van der Waals surface area contributed by atoms with E-state index >= 15 is 0 Å². The van der Waals surface area contributed by atoms with Crippen LogP contribution in [0.5, 0.6) is 17.2 Å². The first-order valence-corrected chi connectivity index (χ1v) is 20.4. The molecular weight excluding hydrogens is 621 g/mol. The minimum atomic E-state index is -0.763. The molecule has 0 radical (unpaired) electrons. The molecule has 0 saturated carbocycles. The summed E-state index contributed by atoms with van der Waals surface area (Å²) in [4.78, 5) is 0. The fourth-order valence-corrected chi connectivity index (χ4v) is 8.71. The molecule has 0 aromatic heterocycles. The van der Waals surface area contributed by atoms with E-state index in [1.54, 1.807) is 0 Å². The van der Waals surface area contributed by atoms with Crippen molar-refractivity contribution < 1.29 is 13.6 Å². The predicted molar refractivity (Wildman–Crippen MR) is 208 cm³/mol. The third-order valence-corrected chi connectivity index (χ3v) is 15.6. The fourth-order valence-electron chi connectivity index (χ4n) is 6.60. The molecule has 48 heavy (non-hydrogen) atoms. The monoisotopic (exact) mass is 674 g/mol. The first-order valence-electron chi connectivity index (χ1n) is 17.8. The standard InChI is InChI=1S/C43H54O3Si2/c1-29(2)41(5,6)47-45-37-20-16-33-25-43(27-35(33)23-37)26-34-17-21-38(46-48-42(7,8)30(3)4)24-39(34)40(43)22-31-14-18-36(19-15-31)44-28-32-12-10-9-11-13-32/h9-24,29-30H,25-28,47-48H2,1-8H3/b40-22-. The summed E-state index contributed by atoms with van der Waals surface area (Å²) in [5.41, 5.74) is 9.50. The van der Waals surface area contributed by atoms with Crippen molar-refractivity contribution in [3.05, 3.63) is 124 Å². The second-order valence-electron chi connectivity index (χ2n) is 16.3. The van der Waals surface area contributed by atoms with E-state index in [2.05, 4.69) is 146 Å². The van der Waals surface area contributed by atoms with Gasteiger partial charge in [0.15, 0.2) is 0 Å². The highest BCUT2D eigenvalue weighted by atomic mass is 28.2. The summed E-state index contributed by atoms with van der Waals surface area (Å²) in [6.07, 6.45) is 5.55. The molecule has 2 aliphatic carbocycles. The summed E-state index contributed by atoms with van der Waals surface area (Å²) in [5, 5.41) is 0.502. The number of benzene rings is 4. The summed E-state index contributed by atoms with van der Waals surface area (Å²) in [7, 11) is -1.48. The van der Waals surface area contributed by atoms with E-state index < -0.39 is 19.5 Å². The second-order valence-corrected chi connectivity index (χ2v) is 21.1. The number of allylic oxidation sites excluding steroid dienone is 1. The third-order valence-electron chi connectivity index (χ3n) is 11.5. The largest absolute Gasteiger partial charge is 0.549 e. The highest BCUT2D eigenvalue weighted by Gasteiger charge is 2.46. The predicted octanol–water partition coefficient (Wildman–Crippen LogP) is 9.78. The molecule has 0 aliphatic heterocycles. The van der Waals surface area contributed by atoms with Crippen LogP contribution in [-0.2, 0) is 25.9 Å². The van der Waals surface area contributed by atoms with Crippen LogP contribution in [0.1, 0.15) is 88.8 Å². The van der Waals surface area contributed by atoms with Crippen molar-refractivity contribution in [3.8, 4) is 17.2 Å². The van der Waals surface area contributed by atoms with Gasteiger partial charge in [-0.1, -0.05) is 116 Å². The summed E-state index contributed by atoms with van der Waals surface area (Å²) >= 11 is 0. The summed E-state index contributed by atoms with van der Waals surface area (Å²) in [6.45, 7) is 19.2. The van der Waals surface area contributed by atoms with Crippen molar-refractivity contribution in [3.63, 3.8) is 0 Å². The average molecular weight is 675 g/mol. The lowest BCUT2D eigenvalue weighted by Gasteiger charge is -2.28. The summed E-state index contributed by atoms with van der Waals surface area (Å²) < 4.78 is 19.3. The molecule has 0 bridgehead atoms. The van der Waals surface area contributed by atoms with Crippen LogP contribution < -0.4 is 13.6 Å². The quantitative estimate of drug-likeness (QED) is 0.140. The second kappa shape index (κ2) is 13.8. The summed E-state index contributed by atoms with van der Waals surface area (Å²) in [5.74, 6) is 4.17. The molecule has 4 aromatic rings. The molecule has 1 unspecified atom stereocenters. The molecule has 0 amide bonds. The zero-order valence-electron chi connectivity index (χ0n) is 30.4. The van der Waals surface area contributed by atoms with E-state index in [1.807, 2.05) is 6.07 Å². The molecule has 3 nitrogen and oxygen atoms in total. The van der Waals surface area contributed by atoms with Crippen molar-refractivity contribution in [2.45, 2.75) is 91.3 Å². The topological polar surface area (TPSA) is 27.7 Å². The molecule has 252 valence electrons. The van der Waals surface area contributed by atoms with Gasteiger partial charge in [0.25, 0.3) is 0 Å². The number of hydrogen-bond donors (Lipinski definition) is 0. The van der Waals surface area contributed by atoms with Crippen LogP contribution >= 0.6 is 0 Å². The Balaban J connectivity index is 1.29. The molecular formula is C43H54O3Si2. The normalized spacial score (nSPS) is 18.6. The van der Waals surface area contributed by atoms with Crippen molar-refractivity contribution in [1.29, 1.82) is 0 Å². The minimum Gasteiger partial charge on any atom is -0.549 e. The van der Waals surface area contributed by atoms with Crippen LogP contribution in [0.25, 0.3) is 11.6 Å². The van der Waals surface area contributed by atoms with Crippen LogP contribution in [0.15, 0.2) is 91.0 Å². The number of fused-ring (bicyclic) bond motifs is 2. The molecule has 4 aromatic carbocycles. The first-order chi connectivity index (χ1) is 22.8. The van der Waals surface area contributed by atoms with Gasteiger partial charge in [-0.2, -0.15) is 0 Å². The first kappa shape index (κ1) is 34.3. The molecule has 2 aliphatic rings. The minimum absolute atomic E-state index is 0.0215. The van der Waals surface area contributed by atoms with E-state index in [9.17, 15) is 0 Å². The van der Waals surface area contributed by atoms with E-state index in [0.717, 1.165) is 36.5 Å². The van der Waals surface area contributed by atoms with Gasteiger partial charge in [-0.05, 0) is 117 Å². The van der Waals surface area contributed by atoms with Gasteiger partial charge in [-0.15, -0.1) is 0 Å². The lowest BCUT2D eigenvalue weighted by Crippen LogP contribution is -2.24. The number of rotatable bonds is 12. The Morgan fingerprint density at radius 1 is 0.646 bits per heavy atom. The van der Waals surface area contributed by atoms with Crippen LogP contribution in [0.2, 0.25) is 10.1 Å².